The van der Waals surface area contributed by atoms with Crippen LogP contribution in [0.2, 0.25) is 0 Å². The number of imidazole rings is 1. The number of benzene rings is 1. The van der Waals surface area contributed by atoms with Gasteiger partial charge in [-0.1, -0.05) is 6.07 Å². The summed E-state index contributed by atoms with van der Waals surface area (Å²) in [6.07, 6.45) is 4.34. The Kier molecular flexibility index (Phi) is 4.13. The minimum atomic E-state index is -0.345. The standard InChI is InChI=1S/C18H19FN4O2/c19-13-5-4-12-8-15(13)24-6-2-1-3-7-25-16-9-14-17(18(20)22-16)21-11-23(14)10-12/h4-5,8-9,11H,1-3,6-7,10H2,(H2,20,22). The Morgan fingerprint density at radius 3 is 2.80 bits per heavy atom. The van der Waals surface area contributed by atoms with Crippen molar-refractivity contribution in [1.82, 2.24) is 14.5 Å². The lowest BCUT2D eigenvalue weighted by molar-refractivity contribution is 0.268. The second-order valence-electron chi connectivity index (χ2n) is 6.11. The second-order valence-corrected chi connectivity index (χ2v) is 6.11. The van der Waals surface area contributed by atoms with Gasteiger partial charge in [-0.05, 0) is 37.0 Å². The van der Waals surface area contributed by atoms with Crippen LogP contribution in [0.25, 0.3) is 11.0 Å². The van der Waals surface area contributed by atoms with Crippen LogP contribution in [0.15, 0.2) is 30.6 Å². The van der Waals surface area contributed by atoms with Crippen LogP contribution in [-0.4, -0.2) is 27.7 Å². The molecule has 2 N–H and O–H groups in total. The molecule has 4 bridgehead atoms. The Labute approximate surface area is 144 Å². The fourth-order valence-corrected chi connectivity index (χ4v) is 2.95. The molecule has 0 spiro atoms. The number of halogens is 1. The summed E-state index contributed by atoms with van der Waals surface area (Å²) in [5.41, 5.74) is 8.40. The Hall–Kier alpha value is -2.83. The highest BCUT2D eigenvalue weighted by Crippen LogP contribution is 2.25. The molecule has 130 valence electrons. The lowest BCUT2D eigenvalue weighted by atomic mass is 10.2. The maximum atomic E-state index is 13.9. The first kappa shape index (κ1) is 15.7. The first-order valence-electron chi connectivity index (χ1n) is 8.36. The van der Waals surface area contributed by atoms with E-state index in [2.05, 4.69) is 9.97 Å². The van der Waals surface area contributed by atoms with Crippen LogP contribution in [0.3, 0.4) is 0 Å². The van der Waals surface area contributed by atoms with E-state index in [-0.39, 0.29) is 11.6 Å². The fourth-order valence-electron chi connectivity index (χ4n) is 2.95. The molecule has 6 nitrogen and oxygen atoms in total. The summed E-state index contributed by atoms with van der Waals surface area (Å²) in [6, 6.07) is 6.77. The maximum Gasteiger partial charge on any atom is 0.217 e. The van der Waals surface area contributed by atoms with Gasteiger partial charge in [0.25, 0.3) is 0 Å². The topological polar surface area (TPSA) is 75.2 Å². The van der Waals surface area contributed by atoms with E-state index in [9.17, 15) is 4.39 Å². The van der Waals surface area contributed by atoms with Crippen LogP contribution < -0.4 is 15.2 Å². The second kappa shape index (κ2) is 6.58. The monoisotopic (exact) mass is 342 g/mol. The van der Waals surface area contributed by atoms with E-state index in [1.807, 2.05) is 10.6 Å². The fraction of sp³-hybridized carbons (Fsp3) is 0.333. The number of fused-ring (bicyclic) bond motifs is 3. The zero-order chi connectivity index (χ0) is 17.2. The van der Waals surface area contributed by atoms with Gasteiger partial charge in [-0.15, -0.1) is 0 Å². The summed E-state index contributed by atoms with van der Waals surface area (Å²) >= 11 is 0. The smallest absolute Gasteiger partial charge is 0.217 e. The van der Waals surface area contributed by atoms with E-state index >= 15 is 0 Å². The molecule has 7 heteroatoms. The molecule has 0 fully saturated rings. The number of rotatable bonds is 0. The van der Waals surface area contributed by atoms with Crippen LogP contribution in [0.1, 0.15) is 24.8 Å². The van der Waals surface area contributed by atoms with Crippen molar-refractivity contribution >= 4 is 16.9 Å². The maximum absolute atomic E-state index is 13.9. The predicted octanol–water partition coefficient (Wildman–Crippen LogP) is 3.14. The molecule has 0 saturated heterocycles. The van der Waals surface area contributed by atoms with Gasteiger partial charge in [-0.25, -0.2) is 9.37 Å². The summed E-state index contributed by atoms with van der Waals surface area (Å²) in [5, 5.41) is 0. The lowest BCUT2D eigenvalue weighted by Gasteiger charge is -2.10. The van der Waals surface area contributed by atoms with Crippen molar-refractivity contribution < 1.29 is 13.9 Å². The van der Waals surface area contributed by atoms with Gasteiger partial charge in [-0.2, -0.15) is 4.98 Å². The van der Waals surface area contributed by atoms with E-state index in [1.165, 1.54) is 6.07 Å². The Bertz CT molecular complexity index is 909. The Morgan fingerprint density at radius 1 is 1.08 bits per heavy atom. The largest absolute Gasteiger partial charge is 0.491 e. The van der Waals surface area contributed by atoms with Gasteiger partial charge in [0.05, 0.1) is 25.1 Å². The van der Waals surface area contributed by atoms with Crippen molar-refractivity contribution in [2.45, 2.75) is 25.8 Å². The highest BCUT2D eigenvalue weighted by Gasteiger charge is 2.12. The number of ether oxygens (including phenoxy) is 2. The summed E-state index contributed by atoms with van der Waals surface area (Å²) in [6.45, 7) is 1.55. The van der Waals surface area contributed by atoms with E-state index < -0.39 is 0 Å². The molecule has 3 aromatic rings. The number of pyridine rings is 1. The van der Waals surface area contributed by atoms with Gasteiger partial charge < -0.3 is 19.8 Å². The molecule has 1 aromatic carbocycles. The SMILES string of the molecule is Nc1nc2cc3c1ncn3Cc1ccc(F)c(c1)OCCCCCO2. The highest BCUT2D eigenvalue weighted by molar-refractivity contribution is 5.85. The third-order valence-electron chi connectivity index (χ3n) is 4.26. The number of nitrogens with zero attached hydrogens (tertiary/aromatic N) is 3. The zero-order valence-electron chi connectivity index (χ0n) is 13.7. The van der Waals surface area contributed by atoms with Crippen LogP contribution in [-0.2, 0) is 6.54 Å². The van der Waals surface area contributed by atoms with Crippen molar-refractivity contribution in [1.29, 1.82) is 0 Å². The number of nitrogens with two attached hydrogens (primary N) is 1. The third kappa shape index (κ3) is 3.22. The van der Waals surface area contributed by atoms with Crippen LogP contribution in [0.5, 0.6) is 11.6 Å². The summed E-state index contributed by atoms with van der Waals surface area (Å²) < 4.78 is 27.2. The van der Waals surface area contributed by atoms with Crippen LogP contribution >= 0.6 is 0 Å². The molecule has 0 atom stereocenters. The Morgan fingerprint density at radius 2 is 1.92 bits per heavy atom. The predicted molar refractivity (Wildman–Crippen MR) is 92.3 cm³/mol. The molecule has 0 radical (unpaired) electrons. The van der Waals surface area contributed by atoms with Gasteiger partial charge in [0.15, 0.2) is 17.4 Å². The summed E-state index contributed by atoms with van der Waals surface area (Å²) in [7, 11) is 0. The van der Waals surface area contributed by atoms with Crippen LogP contribution in [0, 0.1) is 5.82 Å². The molecule has 0 amide bonds. The molecule has 0 saturated carbocycles. The third-order valence-corrected chi connectivity index (χ3v) is 4.26. The van der Waals surface area contributed by atoms with Crippen molar-refractivity contribution in [2.24, 2.45) is 0 Å². The molecule has 0 aliphatic carbocycles. The molecular formula is C18H19FN4O2. The number of aromatic nitrogens is 3. The number of nitrogen functional groups attached to an aromatic ring is 1. The number of hydrogen-bond donors (Lipinski definition) is 1. The van der Waals surface area contributed by atoms with E-state index in [0.29, 0.717) is 37.0 Å². The quantitative estimate of drug-likeness (QED) is 0.679. The summed E-state index contributed by atoms with van der Waals surface area (Å²) in [4.78, 5) is 8.60. The van der Waals surface area contributed by atoms with E-state index in [1.54, 1.807) is 18.5 Å². The average Bonchev–Trinajstić information content (AvgIpc) is 2.99. The van der Waals surface area contributed by atoms with E-state index in [0.717, 1.165) is 30.3 Å². The van der Waals surface area contributed by atoms with Crippen molar-refractivity contribution in [3.05, 3.63) is 42.0 Å². The van der Waals surface area contributed by atoms with Crippen molar-refractivity contribution in [3.8, 4) is 11.6 Å². The van der Waals surface area contributed by atoms with E-state index in [4.69, 9.17) is 15.2 Å². The van der Waals surface area contributed by atoms with Gasteiger partial charge in [0.1, 0.15) is 5.52 Å². The molecular weight excluding hydrogens is 323 g/mol. The molecule has 1 aliphatic heterocycles. The van der Waals surface area contributed by atoms with Crippen LogP contribution in [0.4, 0.5) is 10.2 Å². The first-order valence-corrected chi connectivity index (χ1v) is 8.36. The number of hydrogen-bond acceptors (Lipinski definition) is 5. The molecule has 3 heterocycles. The Balaban J connectivity index is 1.77. The average molecular weight is 342 g/mol. The van der Waals surface area contributed by atoms with Gasteiger partial charge in [0, 0.05) is 12.6 Å². The molecule has 4 rings (SSSR count). The molecule has 1 aliphatic rings. The number of anilines is 1. The van der Waals surface area contributed by atoms with Gasteiger partial charge in [0.2, 0.25) is 5.88 Å². The molecule has 0 unspecified atom stereocenters. The molecule has 25 heavy (non-hydrogen) atoms. The zero-order valence-corrected chi connectivity index (χ0v) is 13.7. The first-order chi connectivity index (χ1) is 12.2. The summed E-state index contributed by atoms with van der Waals surface area (Å²) in [5.74, 6) is 0.786. The van der Waals surface area contributed by atoms with Crippen molar-refractivity contribution in [2.75, 3.05) is 18.9 Å². The minimum Gasteiger partial charge on any atom is -0.491 e. The lowest BCUT2D eigenvalue weighted by Crippen LogP contribution is -2.03. The van der Waals surface area contributed by atoms with Gasteiger partial charge in [-0.3, -0.25) is 0 Å². The molecule has 2 aromatic heterocycles. The van der Waals surface area contributed by atoms with Crippen molar-refractivity contribution in [3.63, 3.8) is 0 Å². The highest BCUT2D eigenvalue weighted by atomic mass is 19.1. The normalized spacial score (nSPS) is 15.2. The van der Waals surface area contributed by atoms with Gasteiger partial charge >= 0.3 is 0 Å². The minimum absolute atomic E-state index is 0.287.